The summed E-state index contributed by atoms with van der Waals surface area (Å²) >= 11 is 0. The van der Waals surface area contributed by atoms with E-state index in [9.17, 15) is 14.9 Å². The third-order valence-electron chi connectivity index (χ3n) is 3.58. The average molecular weight is 277 g/mol. The van der Waals surface area contributed by atoms with E-state index in [0.29, 0.717) is 6.54 Å². The number of benzene rings is 1. The molecule has 20 heavy (non-hydrogen) atoms. The SMILES string of the molecule is Cc1ccc([N+](=O)[O-])c(C(=O)N(C)CC2CCCN2)c1. The molecule has 1 atom stereocenters. The summed E-state index contributed by atoms with van der Waals surface area (Å²) in [4.78, 5) is 24.5. The van der Waals surface area contributed by atoms with Gasteiger partial charge in [0, 0.05) is 25.7 Å². The Morgan fingerprint density at radius 2 is 2.30 bits per heavy atom. The van der Waals surface area contributed by atoms with Crippen molar-refractivity contribution in [1.29, 1.82) is 0 Å². The Morgan fingerprint density at radius 3 is 2.90 bits per heavy atom. The molecule has 1 aromatic rings. The normalized spacial score (nSPS) is 18.0. The lowest BCUT2D eigenvalue weighted by Gasteiger charge is -2.21. The van der Waals surface area contributed by atoms with Crippen molar-refractivity contribution in [2.75, 3.05) is 20.1 Å². The second kappa shape index (κ2) is 6.00. The summed E-state index contributed by atoms with van der Waals surface area (Å²) in [7, 11) is 1.69. The number of nitro benzene ring substituents is 1. The summed E-state index contributed by atoms with van der Waals surface area (Å²) in [5.74, 6) is -0.297. The highest BCUT2D eigenvalue weighted by Crippen LogP contribution is 2.21. The first-order valence-electron chi connectivity index (χ1n) is 6.73. The Balaban J connectivity index is 2.18. The Bertz CT molecular complexity index is 524. The monoisotopic (exact) mass is 277 g/mol. The molecule has 0 bridgehead atoms. The number of nitrogens with zero attached hydrogens (tertiary/aromatic N) is 2. The number of nitro groups is 1. The van der Waals surface area contributed by atoms with Crippen molar-refractivity contribution in [3.63, 3.8) is 0 Å². The summed E-state index contributed by atoms with van der Waals surface area (Å²) in [5.41, 5.74) is 0.869. The van der Waals surface area contributed by atoms with Crippen LogP contribution in [-0.2, 0) is 0 Å². The summed E-state index contributed by atoms with van der Waals surface area (Å²) in [6.45, 7) is 3.36. The van der Waals surface area contributed by atoms with Gasteiger partial charge >= 0.3 is 0 Å². The van der Waals surface area contributed by atoms with E-state index in [4.69, 9.17) is 0 Å². The number of likely N-dealkylation sites (N-methyl/N-ethyl adjacent to an activating group) is 1. The number of carbonyl (C=O) groups is 1. The minimum Gasteiger partial charge on any atom is -0.340 e. The molecule has 1 saturated heterocycles. The van der Waals surface area contributed by atoms with Gasteiger partial charge in [-0.05, 0) is 37.9 Å². The fourth-order valence-electron chi connectivity index (χ4n) is 2.51. The van der Waals surface area contributed by atoms with Crippen LogP contribution in [0.3, 0.4) is 0 Å². The Labute approximate surface area is 117 Å². The van der Waals surface area contributed by atoms with Crippen molar-refractivity contribution in [1.82, 2.24) is 10.2 Å². The fraction of sp³-hybridized carbons (Fsp3) is 0.500. The Morgan fingerprint density at radius 1 is 1.55 bits per heavy atom. The molecule has 1 fully saturated rings. The van der Waals surface area contributed by atoms with Crippen LogP contribution < -0.4 is 5.32 Å². The van der Waals surface area contributed by atoms with Crippen LogP contribution in [0, 0.1) is 17.0 Å². The lowest BCUT2D eigenvalue weighted by Crippen LogP contribution is -2.38. The average Bonchev–Trinajstić information content (AvgIpc) is 2.90. The number of carbonyl (C=O) groups excluding carboxylic acids is 1. The highest BCUT2D eigenvalue weighted by molar-refractivity contribution is 5.98. The number of rotatable bonds is 4. The molecule has 1 aliphatic heterocycles. The van der Waals surface area contributed by atoms with Gasteiger partial charge in [-0.15, -0.1) is 0 Å². The van der Waals surface area contributed by atoms with Gasteiger partial charge in [0.1, 0.15) is 5.56 Å². The van der Waals surface area contributed by atoms with Gasteiger partial charge in [0.15, 0.2) is 0 Å². The van der Waals surface area contributed by atoms with Crippen molar-refractivity contribution in [2.45, 2.75) is 25.8 Å². The first-order chi connectivity index (χ1) is 9.49. The topological polar surface area (TPSA) is 75.5 Å². The van der Waals surface area contributed by atoms with Crippen molar-refractivity contribution in [3.8, 4) is 0 Å². The predicted octanol–water partition coefficient (Wildman–Crippen LogP) is 1.73. The molecule has 0 radical (unpaired) electrons. The number of hydrogen-bond donors (Lipinski definition) is 1. The van der Waals surface area contributed by atoms with Crippen LogP contribution in [0.4, 0.5) is 5.69 Å². The third-order valence-corrected chi connectivity index (χ3v) is 3.58. The predicted molar refractivity (Wildman–Crippen MR) is 75.8 cm³/mol. The number of amides is 1. The molecule has 1 aliphatic rings. The van der Waals surface area contributed by atoms with Crippen LogP contribution >= 0.6 is 0 Å². The van der Waals surface area contributed by atoms with Crippen molar-refractivity contribution >= 4 is 11.6 Å². The molecule has 0 aromatic heterocycles. The maximum atomic E-state index is 12.4. The molecule has 6 nitrogen and oxygen atoms in total. The number of hydrogen-bond acceptors (Lipinski definition) is 4. The zero-order valence-corrected chi connectivity index (χ0v) is 11.8. The molecule has 1 N–H and O–H groups in total. The van der Waals surface area contributed by atoms with E-state index >= 15 is 0 Å². The quantitative estimate of drug-likeness (QED) is 0.671. The first-order valence-corrected chi connectivity index (χ1v) is 6.73. The van der Waals surface area contributed by atoms with Gasteiger partial charge in [-0.1, -0.05) is 6.07 Å². The van der Waals surface area contributed by atoms with Crippen molar-refractivity contribution < 1.29 is 9.72 Å². The molecule has 1 heterocycles. The molecule has 0 aliphatic carbocycles. The van der Waals surface area contributed by atoms with Crippen LogP contribution in [0.5, 0.6) is 0 Å². The molecular formula is C14H19N3O3. The largest absolute Gasteiger partial charge is 0.340 e. The van der Waals surface area contributed by atoms with E-state index in [1.54, 1.807) is 24.1 Å². The second-order valence-corrected chi connectivity index (χ2v) is 5.26. The van der Waals surface area contributed by atoms with Crippen molar-refractivity contribution in [2.24, 2.45) is 0 Å². The van der Waals surface area contributed by atoms with E-state index in [0.717, 1.165) is 24.9 Å². The first kappa shape index (κ1) is 14.5. The smallest absolute Gasteiger partial charge is 0.282 e. The number of nitrogens with one attached hydrogen (secondary N) is 1. The maximum Gasteiger partial charge on any atom is 0.282 e. The van der Waals surface area contributed by atoms with E-state index in [1.165, 1.54) is 6.07 Å². The van der Waals surface area contributed by atoms with Crippen molar-refractivity contribution in [3.05, 3.63) is 39.4 Å². The molecule has 0 saturated carbocycles. The van der Waals surface area contributed by atoms with Gasteiger partial charge in [0.25, 0.3) is 11.6 Å². The maximum absolute atomic E-state index is 12.4. The lowest BCUT2D eigenvalue weighted by atomic mass is 10.1. The van der Waals surface area contributed by atoms with Gasteiger partial charge in [-0.25, -0.2) is 0 Å². The Hall–Kier alpha value is -1.95. The summed E-state index contributed by atoms with van der Waals surface area (Å²) in [5, 5.41) is 14.3. The fourth-order valence-corrected chi connectivity index (χ4v) is 2.51. The molecule has 108 valence electrons. The summed E-state index contributed by atoms with van der Waals surface area (Å²) < 4.78 is 0. The van der Waals surface area contributed by atoms with E-state index in [-0.39, 0.29) is 23.2 Å². The van der Waals surface area contributed by atoms with E-state index in [2.05, 4.69) is 5.32 Å². The summed E-state index contributed by atoms with van der Waals surface area (Å²) in [6, 6.07) is 4.91. The minimum absolute atomic E-state index is 0.133. The highest BCUT2D eigenvalue weighted by atomic mass is 16.6. The minimum atomic E-state index is -0.506. The second-order valence-electron chi connectivity index (χ2n) is 5.26. The summed E-state index contributed by atoms with van der Waals surface area (Å²) in [6.07, 6.45) is 2.14. The van der Waals surface area contributed by atoms with E-state index < -0.39 is 4.92 Å². The van der Waals surface area contributed by atoms with Gasteiger partial charge in [0.05, 0.1) is 4.92 Å². The van der Waals surface area contributed by atoms with Crippen LogP contribution in [0.15, 0.2) is 18.2 Å². The number of aryl methyl sites for hydroxylation is 1. The molecule has 2 rings (SSSR count). The van der Waals surface area contributed by atoms with Crippen LogP contribution in [0.1, 0.15) is 28.8 Å². The third kappa shape index (κ3) is 3.14. The van der Waals surface area contributed by atoms with Gasteiger partial charge in [-0.3, -0.25) is 14.9 Å². The standard InChI is InChI=1S/C14H19N3O3/c1-10-5-6-13(17(19)20)12(8-10)14(18)16(2)9-11-4-3-7-15-11/h5-6,8,11,15H,3-4,7,9H2,1-2H3. The molecule has 1 aromatic carbocycles. The Kier molecular flexibility index (Phi) is 4.34. The van der Waals surface area contributed by atoms with E-state index in [1.807, 2.05) is 6.92 Å². The van der Waals surface area contributed by atoms with Crippen LogP contribution in [0.25, 0.3) is 0 Å². The van der Waals surface area contributed by atoms with Crippen LogP contribution in [-0.4, -0.2) is 41.9 Å². The van der Waals surface area contributed by atoms with Gasteiger partial charge in [0.2, 0.25) is 0 Å². The molecular weight excluding hydrogens is 258 g/mol. The highest BCUT2D eigenvalue weighted by Gasteiger charge is 2.25. The molecule has 1 amide bonds. The van der Waals surface area contributed by atoms with Gasteiger partial charge < -0.3 is 10.2 Å². The lowest BCUT2D eigenvalue weighted by molar-refractivity contribution is -0.385. The van der Waals surface area contributed by atoms with Gasteiger partial charge in [-0.2, -0.15) is 0 Å². The zero-order chi connectivity index (χ0) is 14.7. The molecule has 0 spiro atoms. The molecule has 6 heteroatoms. The zero-order valence-electron chi connectivity index (χ0n) is 11.8. The molecule has 1 unspecified atom stereocenters. The van der Waals surface area contributed by atoms with Crippen LogP contribution in [0.2, 0.25) is 0 Å².